The third-order valence-corrected chi connectivity index (χ3v) is 11.4. The van der Waals surface area contributed by atoms with Gasteiger partial charge >= 0.3 is 5.97 Å². The van der Waals surface area contributed by atoms with Gasteiger partial charge in [-0.2, -0.15) is 4.31 Å². The van der Waals surface area contributed by atoms with Crippen molar-refractivity contribution in [1.29, 1.82) is 0 Å². The average molecular weight is 591 g/mol. The number of carbonyl (C=O) groups is 1. The fourth-order valence-corrected chi connectivity index (χ4v) is 8.61. The SMILES string of the molecule is CC(C)[C@H]1CC[C@@H](C)C[C@@H]1OC(=O)CSc1nnc(-c2cccc(S(=O)(=O)N3CCOCC3)c2)n1C1CCCC1. The van der Waals surface area contributed by atoms with Gasteiger partial charge < -0.3 is 9.47 Å². The van der Waals surface area contributed by atoms with E-state index in [0.717, 1.165) is 38.5 Å². The van der Waals surface area contributed by atoms with Crippen molar-refractivity contribution in [2.24, 2.45) is 17.8 Å². The minimum absolute atomic E-state index is 0.0312. The van der Waals surface area contributed by atoms with Gasteiger partial charge in [-0.1, -0.05) is 63.9 Å². The molecule has 40 heavy (non-hydrogen) atoms. The molecule has 1 saturated heterocycles. The van der Waals surface area contributed by atoms with Crippen LogP contribution in [0.2, 0.25) is 0 Å². The van der Waals surface area contributed by atoms with Crippen molar-refractivity contribution < 1.29 is 22.7 Å². The number of benzene rings is 1. The van der Waals surface area contributed by atoms with E-state index in [2.05, 4.69) is 35.5 Å². The average Bonchev–Trinajstić information content (AvgIpc) is 3.62. The number of hydrogen-bond acceptors (Lipinski definition) is 8. The first-order valence-corrected chi connectivity index (χ1v) is 17.1. The zero-order chi connectivity index (χ0) is 28.3. The van der Waals surface area contributed by atoms with Crippen LogP contribution in [0.3, 0.4) is 0 Å². The second-order valence-electron chi connectivity index (χ2n) is 11.8. The Morgan fingerprint density at radius 3 is 2.60 bits per heavy atom. The van der Waals surface area contributed by atoms with Gasteiger partial charge in [-0.15, -0.1) is 10.2 Å². The van der Waals surface area contributed by atoms with Crippen LogP contribution < -0.4 is 0 Å². The Morgan fingerprint density at radius 2 is 1.88 bits per heavy atom. The van der Waals surface area contributed by atoms with Crippen molar-refractivity contribution in [2.45, 2.75) is 87.9 Å². The van der Waals surface area contributed by atoms with Gasteiger partial charge in [-0.25, -0.2) is 8.42 Å². The Balaban J connectivity index is 1.35. The summed E-state index contributed by atoms with van der Waals surface area (Å²) in [5, 5.41) is 9.68. The highest BCUT2D eigenvalue weighted by Gasteiger charge is 2.34. The van der Waals surface area contributed by atoms with E-state index >= 15 is 0 Å². The Hall–Kier alpha value is -1.95. The number of aromatic nitrogens is 3. The highest BCUT2D eigenvalue weighted by atomic mass is 32.2. The molecule has 1 aromatic carbocycles. The quantitative estimate of drug-likeness (QED) is 0.291. The molecule has 1 aromatic heterocycles. The number of hydrogen-bond donors (Lipinski definition) is 0. The summed E-state index contributed by atoms with van der Waals surface area (Å²) in [6, 6.07) is 7.18. The number of sulfonamides is 1. The zero-order valence-electron chi connectivity index (χ0n) is 23.8. The second kappa shape index (κ2) is 12.9. The number of rotatable bonds is 9. The van der Waals surface area contributed by atoms with Crippen LogP contribution in [0.25, 0.3) is 11.4 Å². The molecule has 0 unspecified atom stereocenters. The Labute approximate surface area is 242 Å². The third-order valence-electron chi connectivity index (χ3n) is 8.62. The number of thioether (sulfide) groups is 1. The highest BCUT2D eigenvalue weighted by Crippen LogP contribution is 2.38. The first kappa shape index (κ1) is 29.5. The van der Waals surface area contributed by atoms with E-state index in [4.69, 9.17) is 9.47 Å². The maximum Gasteiger partial charge on any atom is 0.316 e. The Kier molecular flexibility index (Phi) is 9.54. The van der Waals surface area contributed by atoms with Crippen LogP contribution in [0.4, 0.5) is 0 Å². The molecule has 3 atom stereocenters. The summed E-state index contributed by atoms with van der Waals surface area (Å²) >= 11 is 1.36. The summed E-state index contributed by atoms with van der Waals surface area (Å²) < 4.78 is 41.6. The molecule has 0 amide bonds. The third kappa shape index (κ3) is 6.58. The molecule has 11 heteroatoms. The molecule has 2 heterocycles. The fourth-order valence-electron chi connectivity index (χ4n) is 6.37. The summed E-state index contributed by atoms with van der Waals surface area (Å²) in [7, 11) is -3.64. The highest BCUT2D eigenvalue weighted by molar-refractivity contribution is 7.99. The van der Waals surface area contributed by atoms with Gasteiger partial charge in [0.25, 0.3) is 0 Å². The fraction of sp³-hybridized carbons (Fsp3) is 0.690. The number of morpholine rings is 1. The van der Waals surface area contributed by atoms with Crippen molar-refractivity contribution in [3.63, 3.8) is 0 Å². The van der Waals surface area contributed by atoms with E-state index < -0.39 is 10.0 Å². The molecule has 0 spiro atoms. The van der Waals surface area contributed by atoms with Crippen LogP contribution >= 0.6 is 11.8 Å². The zero-order valence-corrected chi connectivity index (χ0v) is 25.5. The number of carbonyl (C=O) groups excluding carboxylic acids is 1. The molecule has 5 rings (SSSR count). The molecule has 220 valence electrons. The molecular weight excluding hydrogens is 548 g/mol. The standard InChI is InChI=1S/C29H42N4O5S2/c1-20(2)25-12-11-21(3)17-26(25)38-27(34)19-39-29-31-30-28(33(29)23-8-4-5-9-23)22-7-6-10-24(18-22)40(35,36)32-13-15-37-16-14-32/h6-7,10,18,20-21,23,25-26H,4-5,8-9,11-17,19H2,1-3H3/t21-,25-,26+/m1/s1. The molecule has 2 saturated carbocycles. The van der Waals surface area contributed by atoms with Gasteiger partial charge in [0.15, 0.2) is 11.0 Å². The van der Waals surface area contributed by atoms with Crippen LogP contribution in [0.15, 0.2) is 34.3 Å². The predicted molar refractivity (Wildman–Crippen MR) is 154 cm³/mol. The van der Waals surface area contributed by atoms with Crippen molar-refractivity contribution in [1.82, 2.24) is 19.1 Å². The summed E-state index contributed by atoms with van der Waals surface area (Å²) in [6.45, 7) is 8.15. The Bertz CT molecular complexity index is 1270. The van der Waals surface area contributed by atoms with Crippen LogP contribution in [-0.4, -0.2) is 71.6 Å². The smallest absolute Gasteiger partial charge is 0.316 e. The molecule has 3 fully saturated rings. The normalized spacial score (nSPS) is 24.9. The number of ether oxygens (including phenoxy) is 2. The summed E-state index contributed by atoms with van der Waals surface area (Å²) in [5.41, 5.74) is 0.708. The summed E-state index contributed by atoms with van der Waals surface area (Å²) in [5.74, 6) is 2.05. The van der Waals surface area contributed by atoms with Gasteiger partial charge in [0.05, 0.1) is 23.9 Å². The van der Waals surface area contributed by atoms with Gasteiger partial charge in [0.1, 0.15) is 6.10 Å². The molecule has 1 aliphatic heterocycles. The van der Waals surface area contributed by atoms with Crippen LogP contribution in [0, 0.1) is 17.8 Å². The van der Waals surface area contributed by atoms with Gasteiger partial charge in [0, 0.05) is 24.7 Å². The summed E-state index contributed by atoms with van der Waals surface area (Å²) in [6.07, 6.45) is 7.43. The minimum atomic E-state index is -3.64. The first-order chi connectivity index (χ1) is 19.2. The lowest BCUT2D eigenvalue weighted by Gasteiger charge is -2.36. The van der Waals surface area contributed by atoms with E-state index in [1.165, 1.54) is 22.5 Å². The molecule has 0 N–H and O–H groups in total. The van der Waals surface area contributed by atoms with Crippen LogP contribution in [0.5, 0.6) is 0 Å². The molecule has 2 aliphatic carbocycles. The Morgan fingerprint density at radius 1 is 1.12 bits per heavy atom. The topological polar surface area (TPSA) is 104 Å². The minimum Gasteiger partial charge on any atom is -0.461 e. The van der Waals surface area contributed by atoms with Gasteiger partial charge in [-0.05, 0) is 55.6 Å². The summed E-state index contributed by atoms with van der Waals surface area (Å²) in [4.78, 5) is 13.2. The van der Waals surface area contributed by atoms with Crippen molar-refractivity contribution in [3.05, 3.63) is 24.3 Å². The van der Waals surface area contributed by atoms with Crippen molar-refractivity contribution in [3.8, 4) is 11.4 Å². The lowest BCUT2D eigenvalue weighted by molar-refractivity contribution is -0.152. The molecule has 9 nitrogen and oxygen atoms in total. The van der Waals surface area contributed by atoms with Crippen LogP contribution in [0.1, 0.15) is 71.8 Å². The maximum absolute atomic E-state index is 13.3. The molecule has 0 bridgehead atoms. The number of esters is 1. The van der Waals surface area contributed by atoms with E-state index in [-0.39, 0.29) is 28.8 Å². The molecule has 3 aliphatic rings. The number of nitrogens with zero attached hydrogens (tertiary/aromatic N) is 4. The van der Waals surface area contributed by atoms with Gasteiger partial charge in [0.2, 0.25) is 10.0 Å². The van der Waals surface area contributed by atoms with E-state index in [0.29, 0.717) is 60.6 Å². The van der Waals surface area contributed by atoms with E-state index in [1.54, 1.807) is 18.2 Å². The lowest BCUT2D eigenvalue weighted by Crippen LogP contribution is -2.40. The van der Waals surface area contributed by atoms with Crippen molar-refractivity contribution >= 4 is 27.8 Å². The van der Waals surface area contributed by atoms with E-state index in [1.807, 2.05) is 6.07 Å². The van der Waals surface area contributed by atoms with Gasteiger partial charge in [-0.3, -0.25) is 9.36 Å². The molecule has 0 radical (unpaired) electrons. The monoisotopic (exact) mass is 590 g/mol. The lowest BCUT2D eigenvalue weighted by atomic mass is 9.75. The van der Waals surface area contributed by atoms with Crippen molar-refractivity contribution in [2.75, 3.05) is 32.1 Å². The molecule has 2 aromatic rings. The van der Waals surface area contributed by atoms with E-state index in [9.17, 15) is 13.2 Å². The first-order valence-electron chi connectivity index (χ1n) is 14.7. The molecular formula is C29H42N4O5S2. The predicted octanol–water partition coefficient (Wildman–Crippen LogP) is 5.18. The maximum atomic E-state index is 13.3. The van der Waals surface area contributed by atoms with Crippen LogP contribution in [-0.2, 0) is 24.3 Å². The second-order valence-corrected chi connectivity index (χ2v) is 14.7. The largest absolute Gasteiger partial charge is 0.461 e.